The van der Waals surface area contributed by atoms with Crippen molar-refractivity contribution in [1.82, 2.24) is 16.2 Å². The molecule has 0 aliphatic carbocycles. The van der Waals surface area contributed by atoms with Crippen LogP contribution in [-0.2, 0) is 11.2 Å². The summed E-state index contributed by atoms with van der Waals surface area (Å²) >= 11 is 5.89. The van der Waals surface area contributed by atoms with Gasteiger partial charge in [0.15, 0.2) is 0 Å². The van der Waals surface area contributed by atoms with Crippen LogP contribution in [-0.4, -0.2) is 23.1 Å². The molecular weight excluding hydrogens is 342 g/mol. The molecule has 0 bridgehead atoms. The number of carboxylic acid groups (broad SMARTS) is 1. The van der Waals surface area contributed by atoms with Gasteiger partial charge in [-0.1, -0.05) is 41.9 Å². The molecule has 1 amide bonds. The standard InChI is InChI=1S/C18H18ClN3O3/c19-13-7-5-11(6-8-13)15-10-16(22-21-15)20-17(23)9-12-3-1-2-4-14(12)18(24)25/h1-8,15-16,21-22H,9-10H2,(H,20,23)(H,24,25). The second-order valence-electron chi connectivity index (χ2n) is 5.89. The van der Waals surface area contributed by atoms with Gasteiger partial charge in [0, 0.05) is 17.5 Å². The predicted octanol–water partition coefficient (Wildman–Crippen LogP) is 2.26. The van der Waals surface area contributed by atoms with Gasteiger partial charge in [0.1, 0.15) is 0 Å². The lowest BCUT2D eigenvalue weighted by Gasteiger charge is -2.13. The molecule has 130 valence electrons. The van der Waals surface area contributed by atoms with E-state index in [9.17, 15) is 14.7 Å². The Balaban J connectivity index is 1.57. The minimum Gasteiger partial charge on any atom is -0.478 e. The van der Waals surface area contributed by atoms with E-state index in [0.29, 0.717) is 17.0 Å². The minimum atomic E-state index is -1.04. The molecule has 1 aliphatic heterocycles. The molecule has 2 atom stereocenters. The summed E-state index contributed by atoms with van der Waals surface area (Å²) < 4.78 is 0. The molecule has 4 N–H and O–H groups in total. The van der Waals surface area contributed by atoms with E-state index in [2.05, 4.69) is 16.2 Å². The van der Waals surface area contributed by atoms with Gasteiger partial charge < -0.3 is 10.4 Å². The highest BCUT2D eigenvalue weighted by Gasteiger charge is 2.26. The summed E-state index contributed by atoms with van der Waals surface area (Å²) in [4.78, 5) is 23.4. The van der Waals surface area contributed by atoms with Crippen molar-refractivity contribution in [2.45, 2.75) is 25.0 Å². The Bertz CT molecular complexity index is 779. The first-order valence-corrected chi connectivity index (χ1v) is 8.28. The van der Waals surface area contributed by atoms with E-state index in [-0.39, 0.29) is 30.1 Å². The first-order valence-electron chi connectivity index (χ1n) is 7.90. The molecule has 1 fully saturated rings. The van der Waals surface area contributed by atoms with E-state index in [0.717, 1.165) is 5.56 Å². The summed E-state index contributed by atoms with van der Waals surface area (Å²) in [7, 11) is 0. The Morgan fingerprint density at radius 2 is 1.84 bits per heavy atom. The monoisotopic (exact) mass is 359 g/mol. The van der Waals surface area contributed by atoms with Crippen LogP contribution in [0.3, 0.4) is 0 Å². The molecule has 1 saturated heterocycles. The molecule has 0 radical (unpaired) electrons. The number of nitrogens with one attached hydrogen (secondary N) is 3. The van der Waals surface area contributed by atoms with Crippen molar-refractivity contribution in [3.63, 3.8) is 0 Å². The van der Waals surface area contributed by atoms with Crippen LogP contribution in [0.5, 0.6) is 0 Å². The zero-order chi connectivity index (χ0) is 17.8. The molecule has 0 spiro atoms. The van der Waals surface area contributed by atoms with Gasteiger partial charge in [-0.2, -0.15) is 0 Å². The third kappa shape index (κ3) is 4.36. The van der Waals surface area contributed by atoms with Gasteiger partial charge in [-0.25, -0.2) is 15.6 Å². The maximum absolute atomic E-state index is 12.2. The van der Waals surface area contributed by atoms with Crippen LogP contribution < -0.4 is 16.2 Å². The molecule has 2 aromatic carbocycles. The van der Waals surface area contributed by atoms with Gasteiger partial charge in [-0.3, -0.25) is 4.79 Å². The van der Waals surface area contributed by atoms with Crippen molar-refractivity contribution >= 4 is 23.5 Å². The highest BCUT2D eigenvalue weighted by molar-refractivity contribution is 6.30. The summed E-state index contributed by atoms with van der Waals surface area (Å²) in [6, 6.07) is 14.1. The SMILES string of the molecule is O=C(Cc1ccccc1C(=O)O)NC1CC(c2ccc(Cl)cc2)NN1. The first kappa shape index (κ1) is 17.4. The number of benzene rings is 2. The highest BCUT2D eigenvalue weighted by Crippen LogP contribution is 2.22. The molecule has 2 unspecified atom stereocenters. The molecule has 2 aromatic rings. The minimum absolute atomic E-state index is 0.0201. The van der Waals surface area contributed by atoms with Gasteiger partial charge in [0.05, 0.1) is 18.2 Å². The fourth-order valence-electron chi connectivity index (χ4n) is 2.87. The summed E-state index contributed by atoms with van der Waals surface area (Å²) in [5, 5.41) is 12.7. The van der Waals surface area contributed by atoms with Crippen LogP contribution in [0.15, 0.2) is 48.5 Å². The Morgan fingerprint density at radius 1 is 1.12 bits per heavy atom. The molecule has 6 nitrogen and oxygen atoms in total. The highest BCUT2D eigenvalue weighted by atomic mass is 35.5. The van der Waals surface area contributed by atoms with Gasteiger partial charge in [0.25, 0.3) is 0 Å². The number of carboxylic acids is 1. The van der Waals surface area contributed by atoms with E-state index in [1.807, 2.05) is 24.3 Å². The maximum Gasteiger partial charge on any atom is 0.335 e. The van der Waals surface area contributed by atoms with Crippen LogP contribution in [0.1, 0.15) is 33.9 Å². The number of hydrazine groups is 1. The van der Waals surface area contributed by atoms with Crippen molar-refractivity contribution in [2.75, 3.05) is 0 Å². The normalized spacial score (nSPS) is 19.6. The number of hydrogen-bond acceptors (Lipinski definition) is 4. The lowest BCUT2D eigenvalue weighted by molar-refractivity contribution is -0.121. The molecule has 25 heavy (non-hydrogen) atoms. The summed E-state index contributed by atoms with van der Waals surface area (Å²) in [6.45, 7) is 0. The zero-order valence-corrected chi connectivity index (χ0v) is 14.1. The molecular formula is C18H18ClN3O3. The van der Waals surface area contributed by atoms with Crippen LogP contribution in [0, 0.1) is 0 Å². The van der Waals surface area contributed by atoms with Crippen LogP contribution in [0.2, 0.25) is 5.02 Å². The lowest BCUT2D eigenvalue weighted by atomic mass is 10.0. The van der Waals surface area contributed by atoms with E-state index in [4.69, 9.17) is 11.6 Å². The first-order chi connectivity index (χ1) is 12.0. The van der Waals surface area contributed by atoms with Crippen molar-refractivity contribution in [3.05, 3.63) is 70.2 Å². The Morgan fingerprint density at radius 3 is 2.56 bits per heavy atom. The van der Waals surface area contributed by atoms with Crippen molar-refractivity contribution in [3.8, 4) is 0 Å². The fourth-order valence-corrected chi connectivity index (χ4v) is 2.99. The van der Waals surface area contributed by atoms with Gasteiger partial charge in [-0.15, -0.1) is 0 Å². The number of hydrogen-bond donors (Lipinski definition) is 4. The largest absolute Gasteiger partial charge is 0.478 e. The summed E-state index contributed by atoms with van der Waals surface area (Å²) in [5.74, 6) is -1.27. The second-order valence-corrected chi connectivity index (χ2v) is 6.32. The van der Waals surface area contributed by atoms with E-state index in [1.54, 1.807) is 18.2 Å². The third-order valence-electron chi connectivity index (χ3n) is 4.11. The topological polar surface area (TPSA) is 90.5 Å². The van der Waals surface area contributed by atoms with Crippen molar-refractivity contribution in [1.29, 1.82) is 0 Å². The number of amides is 1. The zero-order valence-electron chi connectivity index (χ0n) is 13.3. The van der Waals surface area contributed by atoms with E-state index >= 15 is 0 Å². The van der Waals surface area contributed by atoms with E-state index in [1.165, 1.54) is 6.07 Å². The number of carbonyl (C=O) groups excluding carboxylic acids is 1. The predicted molar refractivity (Wildman–Crippen MR) is 94.1 cm³/mol. The molecule has 1 heterocycles. The number of rotatable bonds is 5. The maximum atomic E-state index is 12.2. The second kappa shape index (κ2) is 7.65. The summed E-state index contributed by atoms with van der Waals surface area (Å²) in [5.41, 5.74) is 7.90. The van der Waals surface area contributed by atoms with E-state index < -0.39 is 5.97 Å². The van der Waals surface area contributed by atoms with Crippen molar-refractivity contribution in [2.24, 2.45) is 0 Å². The Kier molecular flexibility index (Phi) is 5.33. The third-order valence-corrected chi connectivity index (χ3v) is 4.36. The Hall–Kier alpha value is -2.41. The smallest absolute Gasteiger partial charge is 0.335 e. The van der Waals surface area contributed by atoms with Crippen LogP contribution >= 0.6 is 11.6 Å². The summed E-state index contributed by atoms with van der Waals surface area (Å²) in [6.07, 6.45) is 0.463. The molecule has 1 aliphatic rings. The van der Waals surface area contributed by atoms with Crippen molar-refractivity contribution < 1.29 is 14.7 Å². The molecule has 7 heteroatoms. The number of carbonyl (C=O) groups is 2. The van der Waals surface area contributed by atoms with Crippen LogP contribution in [0.25, 0.3) is 0 Å². The number of aromatic carboxylic acids is 1. The van der Waals surface area contributed by atoms with Gasteiger partial charge >= 0.3 is 5.97 Å². The number of halogens is 1. The molecule has 0 saturated carbocycles. The molecule has 0 aromatic heterocycles. The van der Waals surface area contributed by atoms with Crippen LogP contribution in [0.4, 0.5) is 0 Å². The lowest BCUT2D eigenvalue weighted by Crippen LogP contribution is -2.44. The quantitative estimate of drug-likeness (QED) is 0.657. The van der Waals surface area contributed by atoms with Gasteiger partial charge in [-0.05, 0) is 29.3 Å². The Labute approximate surface area is 150 Å². The molecule has 3 rings (SSSR count). The fraction of sp³-hybridized carbons (Fsp3) is 0.222. The average molecular weight is 360 g/mol. The average Bonchev–Trinajstić information content (AvgIpc) is 3.04. The van der Waals surface area contributed by atoms with Gasteiger partial charge in [0.2, 0.25) is 5.91 Å².